The SMILES string of the molecule is O=C1CN(CCOC2CCOC2)C2(CN1)COC2. The quantitative estimate of drug-likeness (QED) is 0.698. The molecule has 18 heavy (non-hydrogen) atoms. The van der Waals surface area contributed by atoms with Crippen molar-refractivity contribution in [3.63, 3.8) is 0 Å². The van der Waals surface area contributed by atoms with Crippen LogP contribution in [0, 0.1) is 0 Å². The van der Waals surface area contributed by atoms with Crippen LogP contribution >= 0.6 is 0 Å². The maximum atomic E-state index is 11.5. The molecular formula is C12H20N2O4. The largest absolute Gasteiger partial charge is 0.379 e. The third-order valence-electron chi connectivity index (χ3n) is 3.96. The number of piperazine rings is 1. The van der Waals surface area contributed by atoms with Gasteiger partial charge in [0.2, 0.25) is 5.91 Å². The van der Waals surface area contributed by atoms with Crippen LogP contribution in [-0.4, -0.2) is 75.1 Å². The summed E-state index contributed by atoms with van der Waals surface area (Å²) in [6, 6.07) is 0. The summed E-state index contributed by atoms with van der Waals surface area (Å²) in [5, 5.41) is 2.91. The molecule has 3 rings (SSSR count). The minimum atomic E-state index is 0.0173. The highest BCUT2D eigenvalue weighted by molar-refractivity contribution is 5.79. The molecule has 3 aliphatic heterocycles. The van der Waals surface area contributed by atoms with Gasteiger partial charge in [-0.25, -0.2) is 0 Å². The van der Waals surface area contributed by atoms with E-state index in [1.54, 1.807) is 0 Å². The van der Waals surface area contributed by atoms with Crippen molar-refractivity contribution >= 4 is 5.91 Å². The number of carbonyl (C=O) groups is 1. The van der Waals surface area contributed by atoms with Crippen molar-refractivity contribution in [3.8, 4) is 0 Å². The first-order valence-corrected chi connectivity index (χ1v) is 6.57. The lowest BCUT2D eigenvalue weighted by atomic mass is 9.92. The van der Waals surface area contributed by atoms with Crippen LogP contribution in [0.5, 0.6) is 0 Å². The van der Waals surface area contributed by atoms with E-state index in [0.29, 0.717) is 39.5 Å². The second-order valence-electron chi connectivity index (χ2n) is 5.27. The molecule has 0 aromatic carbocycles. The van der Waals surface area contributed by atoms with Crippen LogP contribution in [0.3, 0.4) is 0 Å². The van der Waals surface area contributed by atoms with E-state index in [1.165, 1.54) is 0 Å². The van der Waals surface area contributed by atoms with E-state index < -0.39 is 0 Å². The van der Waals surface area contributed by atoms with Crippen molar-refractivity contribution in [2.45, 2.75) is 18.1 Å². The van der Waals surface area contributed by atoms with E-state index >= 15 is 0 Å². The summed E-state index contributed by atoms with van der Waals surface area (Å²) >= 11 is 0. The fourth-order valence-electron chi connectivity index (χ4n) is 2.68. The lowest BCUT2D eigenvalue weighted by Gasteiger charge is -2.51. The van der Waals surface area contributed by atoms with Crippen molar-refractivity contribution < 1.29 is 19.0 Å². The Morgan fingerprint density at radius 1 is 1.44 bits per heavy atom. The molecule has 102 valence electrons. The van der Waals surface area contributed by atoms with Crippen molar-refractivity contribution in [2.24, 2.45) is 0 Å². The van der Waals surface area contributed by atoms with E-state index in [1.807, 2.05) is 0 Å². The van der Waals surface area contributed by atoms with Crippen LogP contribution in [0.2, 0.25) is 0 Å². The summed E-state index contributed by atoms with van der Waals surface area (Å²) in [7, 11) is 0. The van der Waals surface area contributed by atoms with Gasteiger partial charge in [-0.15, -0.1) is 0 Å². The second kappa shape index (κ2) is 5.13. The summed E-state index contributed by atoms with van der Waals surface area (Å²) in [6.07, 6.45) is 1.21. The highest BCUT2D eigenvalue weighted by atomic mass is 16.5. The molecule has 0 radical (unpaired) electrons. The molecule has 1 spiro atoms. The predicted octanol–water partition coefficient (Wildman–Crippen LogP) is -1.01. The van der Waals surface area contributed by atoms with E-state index in [9.17, 15) is 4.79 Å². The number of rotatable bonds is 4. The van der Waals surface area contributed by atoms with Gasteiger partial charge in [0.1, 0.15) is 0 Å². The zero-order valence-corrected chi connectivity index (χ0v) is 10.5. The van der Waals surface area contributed by atoms with E-state index in [2.05, 4.69) is 10.2 Å². The fraction of sp³-hybridized carbons (Fsp3) is 0.917. The Bertz CT molecular complexity index is 313. The van der Waals surface area contributed by atoms with Crippen molar-refractivity contribution in [2.75, 3.05) is 52.7 Å². The minimum absolute atomic E-state index is 0.0173. The summed E-state index contributed by atoms with van der Waals surface area (Å²) < 4.78 is 16.3. The number of nitrogens with zero attached hydrogens (tertiary/aromatic N) is 1. The number of amides is 1. The van der Waals surface area contributed by atoms with Crippen LogP contribution in [-0.2, 0) is 19.0 Å². The molecule has 1 atom stereocenters. The van der Waals surface area contributed by atoms with Gasteiger partial charge >= 0.3 is 0 Å². The standard InChI is InChI=1S/C12H20N2O4/c15-11-5-14(12(7-13-11)8-17-9-12)2-4-18-10-1-3-16-6-10/h10H,1-9H2,(H,13,15). The highest BCUT2D eigenvalue weighted by Crippen LogP contribution is 2.26. The first-order valence-electron chi connectivity index (χ1n) is 6.57. The number of hydrogen-bond donors (Lipinski definition) is 1. The number of ether oxygens (including phenoxy) is 3. The average molecular weight is 256 g/mol. The minimum Gasteiger partial charge on any atom is -0.379 e. The van der Waals surface area contributed by atoms with Gasteiger partial charge in [0.05, 0.1) is 44.6 Å². The topological polar surface area (TPSA) is 60.0 Å². The molecule has 6 heteroatoms. The molecule has 0 aromatic rings. The van der Waals surface area contributed by atoms with Gasteiger partial charge < -0.3 is 19.5 Å². The molecule has 6 nitrogen and oxygen atoms in total. The molecular weight excluding hydrogens is 236 g/mol. The molecule has 3 heterocycles. The van der Waals surface area contributed by atoms with Gasteiger partial charge in [-0.05, 0) is 6.42 Å². The first-order chi connectivity index (χ1) is 8.78. The third-order valence-corrected chi connectivity index (χ3v) is 3.96. The summed E-state index contributed by atoms with van der Waals surface area (Å²) in [6.45, 7) is 5.51. The van der Waals surface area contributed by atoms with Crippen molar-refractivity contribution in [1.29, 1.82) is 0 Å². The van der Waals surface area contributed by atoms with Crippen molar-refractivity contribution in [3.05, 3.63) is 0 Å². The molecule has 0 aromatic heterocycles. The smallest absolute Gasteiger partial charge is 0.234 e. The lowest BCUT2D eigenvalue weighted by Crippen LogP contribution is -2.72. The number of carbonyl (C=O) groups excluding carboxylic acids is 1. The third kappa shape index (κ3) is 2.38. The van der Waals surface area contributed by atoms with Crippen LogP contribution in [0.25, 0.3) is 0 Å². The summed E-state index contributed by atoms with van der Waals surface area (Å²) in [5.41, 5.74) is 0.0173. The molecule has 1 unspecified atom stereocenters. The van der Waals surface area contributed by atoms with Gasteiger partial charge in [0, 0.05) is 19.7 Å². The van der Waals surface area contributed by atoms with Crippen molar-refractivity contribution in [1.82, 2.24) is 10.2 Å². The number of nitrogens with one attached hydrogen (secondary N) is 1. The van der Waals surface area contributed by atoms with Gasteiger partial charge in [0.15, 0.2) is 0 Å². The molecule has 0 saturated carbocycles. The summed E-state index contributed by atoms with van der Waals surface area (Å²) in [4.78, 5) is 13.7. The first kappa shape index (κ1) is 12.3. The van der Waals surface area contributed by atoms with E-state index in [0.717, 1.165) is 19.6 Å². The molecule has 3 saturated heterocycles. The van der Waals surface area contributed by atoms with E-state index in [-0.39, 0.29) is 17.6 Å². The van der Waals surface area contributed by atoms with Gasteiger partial charge in [-0.3, -0.25) is 9.69 Å². The molecule has 1 amide bonds. The zero-order valence-electron chi connectivity index (χ0n) is 10.5. The fourth-order valence-corrected chi connectivity index (χ4v) is 2.68. The molecule has 0 bridgehead atoms. The molecule has 3 fully saturated rings. The Balaban J connectivity index is 1.48. The average Bonchev–Trinajstić information content (AvgIpc) is 2.80. The van der Waals surface area contributed by atoms with E-state index in [4.69, 9.17) is 14.2 Å². The van der Waals surface area contributed by atoms with Gasteiger partial charge in [0.25, 0.3) is 0 Å². The Hall–Kier alpha value is -0.690. The molecule has 3 aliphatic rings. The van der Waals surface area contributed by atoms with Crippen LogP contribution in [0.1, 0.15) is 6.42 Å². The second-order valence-corrected chi connectivity index (χ2v) is 5.27. The zero-order chi connectivity index (χ0) is 12.4. The Morgan fingerprint density at radius 2 is 2.33 bits per heavy atom. The van der Waals surface area contributed by atoms with Crippen LogP contribution < -0.4 is 5.32 Å². The Morgan fingerprint density at radius 3 is 3.00 bits per heavy atom. The maximum Gasteiger partial charge on any atom is 0.234 e. The summed E-state index contributed by atoms with van der Waals surface area (Å²) in [5.74, 6) is 0.0942. The molecule has 0 aliphatic carbocycles. The highest BCUT2D eigenvalue weighted by Gasteiger charge is 2.47. The van der Waals surface area contributed by atoms with Crippen LogP contribution in [0.15, 0.2) is 0 Å². The molecule has 1 N–H and O–H groups in total. The van der Waals surface area contributed by atoms with Gasteiger partial charge in [-0.2, -0.15) is 0 Å². The lowest BCUT2D eigenvalue weighted by molar-refractivity contribution is -0.165. The maximum absolute atomic E-state index is 11.5. The Kier molecular flexibility index (Phi) is 3.52. The normalized spacial score (nSPS) is 31.3. The van der Waals surface area contributed by atoms with Gasteiger partial charge in [-0.1, -0.05) is 0 Å². The van der Waals surface area contributed by atoms with Crippen LogP contribution in [0.4, 0.5) is 0 Å². The Labute approximate surface area is 107 Å². The predicted molar refractivity (Wildman–Crippen MR) is 63.3 cm³/mol. The monoisotopic (exact) mass is 256 g/mol. The number of hydrogen-bond acceptors (Lipinski definition) is 5.